The molecule has 0 saturated carbocycles. The van der Waals surface area contributed by atoms with E-state index in [2.05, 4.69) is 15.0 Å². The molecule has 104 valence electrons. The maximum Gasteiger partial charge on any atom is 0.374 e. The van der Waals surface area contributed by atoms with Crippen molar-refractivity contribution in [1.29, 1.82) is 0 Å². The highest BCUT2D eigenvalue weighted by molar-refractivity contribution is 5.94. The van der Waals surface area contributed by atoms with Gasteiger partial charge in [-0.3, -0.25) is 4.79 Å². The summed E-state index contributed by atoms with van der Waals surface area (Å²) in [6.07, 6.45) is 0.452. The molecule has 0 spiro atoms. The van der Waals surface area contributed by atoms with Gasteiger partial charge < -0.3 is 14.9 Å². The van der Waals surface area contributed by atoms with Gasteiger partial charge in [-0.15, -0.1) is 0 Å². The molecule has 0 aliphatic rings. The minimum atomic E-state index is -1.30. The minimum absolute atomic E-state index is 0.110. The third kappa shape index (κ3) is 3.41. The summed E-state index contributed by atoms with van der Waals surface area (Å²) in [5.41, 5.74) is 0.637. The number of nitrogens with zero attached hydrogens (tertiary/aromatic N) is 1. The molecule has 20 heavy (non-hydrogen) atoms. The average molecular weight is 278 g/mol. The van der Waals surface area contributed by atoms with Crippen molar-refractivity contribution < 1.29 is 23.6 Å². The van der Waals surface area contributed by atoms with Crippen molar-refractivity contribution >= 4 is 11.9 Å². The van der Waals surface area contributed by atoms with Crippen LogP contribution in [0.3, 0.4) is 0 Å². The van der Waals surface area contributed by atoms with Gasteiger partial charge in [0.2, 0.25) is 5.76 Å². The van der Waals surface area contributed by atoms with Gasteiger partial charge in [0.05, 0.1) is 0 Å². The third-order valence-corrected chi connectivity index (χ3v) is 2.54. The van der Waals surface area contributed by atoms with E-state index in [1.807, 2.05) is 0 Å². The molecule has 2 rings (SSSR count). The molecular weight excluding hydrogens is 267 g/mol. The molecule has 1 aromatic heterocycles. The fraction of sp³-hybridized carbons (Fsp3) is 0.154. The number of halogens is 1. The van der Waals surface area contributed by atoms with Crippen molar-refractivity contribution in [1.82, 2.24) is 10.5 Å². The second-order valence-corrected chi connectivity index (χ2v) is 4.02. The van der Waals surface area contributed by atoms with Gasteiger partial charge >= 0.3 is 5.97 Å². The predicted molar refractivity (Wildman–Crippen MR) is 65.9 cm³/mol. The fourth-order valence-electron chi connectivity index (χ4n) is 1.59. The molecule has 2 N–H and O–H groups in total. The number of benzene rings is 1. The zero-order valence-electron chi connectivity index (χ0n) is 10.3. The van der Waals surface area contributed by atoms with Gasteiger partial charge in [0.15, 0.2) is 5.69 Å². The van der Waals surface area contributed by atoms with Gasteiger partial charge in [-0.25, -0.2) is 9.18 Å². The molecule has 1 heterocycles. The molecule has 0 atom stereocenters. The van der Waals surface area contributed by atoms with Crippen molar-refractivity contribution in [2.24, 2.45) is 0 Å². The number of carboxylic acid groups (broad SMARTS) is 1. The fourth-order valence-corrected chi connectivity index (χ4v) is 1.59. The summed E-state index contributed by atoms with van der Waals surface area (Å²) in [6.45, 7) is 0.275. The van der Waals surface area contributed by atoms with Crippen LogP contribution in [-0.4, -0.2) is 28.7 Å². The molecule has 0 aliphatic heterocycles. The lowest BCUT2D eigenvalue weighted by Gasteiger charge is -2.03. The van der Waals surface area contributed by atoms with E-state index in [0.29, 0.717) is 6.42 Å². The van der Waals surface area contributed by atoms with Crippen molar-refractivity contribution in [3.8, 4) is 0 Å². The highest BCUT2D eigenvalue weighted by Crippen LogP contribution is 2.05. The van der Waals surface area contributed by atoms with Crippen molar-refractivity contribution in [3.63, 3.8) is 0 Å². The molecule has 0 fully saturated rings. The Kier molecular flexibility index (Phi) is 4.09. The molecule has 6 nitrogen and oxygen atoms in total. The number of nitrogens with one attached hydrogen (secondary N) is 1. The number of aromatic carboxylic acids is 1. The first-order chi connectivity index (χ1) is 9.56. The van der Waals surface area contributed by atoms with Crippen molar-refractivity contribution in [3.05, 3.63) is 53.2 Å². The van der Waals surface area contributed by atoms with E-state index in [9.17, 15) is 14.0 Å². The van der Waals surface area contributed by atoms with E-state index in [1.54, 1.807) is 12.1 Å². The highest BCUT2D eigenvalue weighted by Gasteiger charge is 2.16. The normalized spacial score (nSPS) is 10.2. The van der Waals surface area contributed by atoms with Crippen LogP contribution in [0.25, 0.3) is 0 Å². The summed E-state index contributed by atoms with van der Waals surface area (Å²) in [4.78, 5) is 22.2. The molecular formula is C13H11FN2O4. The number of hydrogen-bond acceptors (Lipinski definition) is 4. The van der Waals surface area contributed by atoms with E-state index < -0.39 is 17.6 Å². The Labute approximate surface area is 113 Å². The Hall–Kier alpha value is -2.70. The zero-order chi connectivity index (χ0) is 14.5. The van der Waals surface area contributed by atoms with E-state index in [1.165, 1.54) is 12.1 Å². The lowest BCUT2D eigenvalue weighted by atomic mass is 10.1. The van der Waals surface area contributed by atoms with Crippen LogP contribution < -0.4 is 5.32 Å². The van der Waals surface area contributed by atoms with Crippen molar-refractivity contribution in [2.45, 2.75) is 6.42 Å². The van der Waals surface area contributed by atoms with Gasteiger partial charge in [0, 0.05) is 12.6 Å². The average Bonchev–Trinajstić information content (AvgIpc) is 2.88. The summed E-state index contributed by atoms with van der Waals surface area (Å²) in [5, 5.41) is 14.5. The Balaban J connectivity index is 1.87. The Morgan fingerprint density at radius 3 is 2.80 bits per heavy atom. The summed E-state index contributed by atoms with van der Waals surface area (Å²) in [6, 6.07) is 7.09. The van der Waals surface area contributed by atoms with Crippen LogP contribution in [0.2, 0.25) is 0 Å². The van der Waals surface area contributed by atoms with E-state index in [4.69, 9.17) is 5.11 Å². The number of amides is 1. The second kappa shape index (κ2) is 5.96. The van der Waals surface area contributed by atoms with Gasteiger partial charge in [-0.05, 0) is 24.1 Å². The first-order valence-electron chi connectivity index (χ1n) is 5.79. The van der Waals surface area contributed by atoms with Gasteiger partial charge in [-0.1, -0.05) is 17.3 Å². The molecule has 0 unspecified atom stereocenters. The molecule has 0 bridgehead atoms. The molecule has 0 radical (unpaired) electrons. The minimum Gasteiger partial charge on any atom is -0.475 e. The Bertz CT molecular complexity index is 639. The predicted octanol–water partition coefficient (Wildman–Crippen LogP) is 1.48. The largest absolute Gasteiger partial charge is 0.475 e. The summed E-state index contributed by atoms with van der Waals surface area (Å²) < 4.78 is 17.4. The molecule has 1 amide bonds. The summed E-state index contributed by atoms with van der Waals surface area (Å²) in [5.74, 6) is -2.58. The van der Waals surface area contributed by atoms with E-state index >= 15 is 0 Å². The van der Waals surface area contributed by atoms with Crippen LogP contribution in [0.15, 0.2) is 34.9 Å². The molecule has 2 aromatic rings. The van der Waals surface area contributed by atoms with E-state index in [-0.39, 0.29) is 18.1 Å². The number of hydrogen-bond donors (Lipinski definition) is 2. The number of carbonyl (C=O) groups is 2. The van der Waals surface area contributed by atoms with Crippen LogP contribution in [0, 0.1) is 5.82 Å². The monoisotopic (exact) mass is 278 g/mol. The van der Waals surface area contributed by atoms with Crippen LogP contribution >= 0.6 is 0 Å². The van der Waals surface area contributed by atoms with Gasteiger partial charge in [0.25, 0.3) is 5.91 Å². The molecule has 0 saturated heterocycles. The Morgan fingerprint density at radius 2 is 2.15 bits per heavy atom. The topological polar surface area (TPSA) is 92.4 Å². The van der Waals surface area contributed by atoms with Crippen LogP contribution in [0.5, 0.6) is 0 Å². The van der Waals surface area contributed by atoms with Crippen molar-refractivity contribution in [2.75, 3.05) is 6.54 Å². The number of carbonyl (C=O) groups excluding carboxylic acids is 1. The SMILES string of the molecule is O=C(NCCc1cccc(F)c1)c1cc(C(=O)O)on1. The smallest absolute Gasteiger partial charge is 0.374 e. The van der Waals surface area contributed by atoms with Crippen LogP contribution in [-0.2, 0) is 6.42 Å². The zero-order valence-corrected chi connectivity index (χ0v) is 10.3. The van der Waals surface area contributed by atoms with Gasteiger partial charge in [0.1, 0.15) is 5.82 Å². The quantitative estimate of drug-likeness (QED) is 0.864. The third-order valence-electron chi connectivity index (χ3n) is 2.54. The number of rotatable bonds is 5. The Morgan fingerprint density at radius 1 is 1.35 bits per heavy atom. The first-order valence-corrected chi connectivity index (χ1v) is 5.79. The first kappa shape index (κ1) is 13.7. The number of aromatic nitrogens is 1. The summed E-state index contributed by atoms with van der Waals surface area (Å²) >= 11 is 0. The lowest BCUT2D eigenvalue weighted by molar-refractivity contribution is 0.0651. The molecule has 7 heteroatoms. The molecule has 1 aromatic carbocycles. The lowest BCUT2D eigenvalue weighted by Crippen LogP contribution is -2.25. The summed E-state index contributed by atoms with van der Waals surface area (Å²) in [7, 11) is 0. The van der Waals surface area contributed by atoms with Crippen LogP contribution in [0.4, 0.5) is 4.39 Å². The molecule has 0 aliphatic carbocycles. The van der Waals surface area contributed by atoms with E-state index in [0.717, 1.165) is 11.6 Å². The standard InChI is InChI=1S/C13H11FN2O4/c14-9-3-1-2-8(6-9)4-5-15-12(17)10-7-11(13(18)19)20-16-10/h1-3,6-7H,4-5H2,(H,15,17)(H,18,19). The van der Waals surface area contributed by atoms with Gasteiger partial charge in [-0.2, -0.15) is 0 Å². The van der Waals surface area contributed by atoms with Crippen LogP contribution in [0.1, 0.15) is 26.6 Å². The highest BCUT2D eigenvalue weighted by atomic mass is 19.1. The maximum atomic E-state index is 12.9. The second-order valence-electron chi connectivity index (χ2n) is 4.02. The maximum absolute atomic E-state index is 12.9. The number of carboxylic acids is 1.